The quantitative estimate of drug-likeness (QED) is 0.444. The zero-order valence-corrected chi connectivity index (χ0v) is 18.2. The summed E-state index contributed by atoms with van der Waals surface area (Å²) >= 11 is 6.05. The fourth-order valence-electron chi connectivity index (χ4n) is 3.41. The average Bonchev–Trinajstić information content (AvgIpc) is 3.34. The lowest BCUT2D eigenvalue weighted by Gasteiger charge is -2.05. The van der Waals surface area contributed by atoms with E-state index in [1.807, 2.05) is 67.2 Å². The first-order chi connectivity index (χ1) is 15.0. The number of halogens is 1. The Bertz CT molecular complexity index is 1200. The topological polar surface area (TPSA) is 77.6 Å². The number of aryl methyl sites for hydroxylation is 2. The highest BCUT2D eigenvalue weighted by Crippen LogP contribution is 2.17. The molecule has 4 aromatic rings. The molecule has 2 aromatic heterocycles. The van der Waals surface area contributed by atoms with Gasteiger partial charge >= 0.3 is 0 Å². The molecule has 0 saturated heterocycles. The Morgan fingerprint density at radius 2 is 1.84 bits per heavy atom. The number of para-hydroxylation sites is 1. The van der Waals surface area contributed by atoms with Crippen LogP contribution in [0.3, 0.4) is 0 Å². The molecule has 2 heterocycles. The molecule has 8 heteroatoms. The Labute approximate surface area is 185 Å². The molecule has 0 aliphatic heterocycles. The molecule has 1 amide bonds. The second kappa shape index (κ2) is 9.14. The van der Waals surface area contributed by atoms with Crippen molar-refractivity contribution >= 4 is 17.5 Å². The van der Waals surface area contributed by atoms with Gasteiger partial charge in [-0.3, -0.25) is 4.79 Å². The van der Waals surface area contributed by atoms with E-state index in [0.29, 0.717) is 23.0 Å². The Balaban J connectivity index is 1.34. The summed E-state index contributed by atoms with van der Waals surface area (Å²) in [5.41, 5.74) is 4.94. The number of hydrogen-bond donors (Lipinski definition) is 1. The van der Waals surface area contributed by atoms with E-state index >= 15 is 0 Å². The van der Waals surface area contributed by atoms with Crippen molar-refractivity contribution in [2.24, 2.45) is 0 Å². The number of rotatable bonds is 7. The van der Waals surface area contributed by atoms with E-state index in [-0.39, 0.29) is 5.91 Å². The molecule has 0 saturated carbocycles. The minimum Gasteiger partial charge on any atom is -0.351 e. The molecule has 31 heavy (non-hydrogen) atoms. The van der Waals surface area contributed by atoms with Crippen molar-refractivity contribution in [2.75, 3.05) is 6.54 Å². The van der Waals surface area contributed by atoms with Gasteiger partial charge in [-0.15, -0.1) is 5.10 Å². The largest absolute Gasteiger partial charge is 0.351 e. The van der Waals surface area contributed by atoms with Gasteiger partial charge in [0.05, 0.1) is 22.8 Å². The van der Waals surface area contributed by atoms with Crippen LogP contribution >= 0.6 is 11.6 Å². The molecular formula is C23H23ClN6O. The van der Waals surface area contributed by atoms with Crippen molar-refractivity contribution in [1.29, 1.82) is 0 Å². The van der Waals surface area contributed by atoms with Gasteiger partial charge in [-0.1, -0.05) is 41.1 Å². The second-order valence-electron chi connectivity index (χ2n) is 7.29. The summed E-state index contributed by atoms with van der Waals surface area (Å²) in [5.74, 6) is -0.234. The molecule has 0 spiro atoms. The molecule has 158 valence electrons. The summed E-state index contributed by atoms with van der Waals surface area (Å²) in [6, 6.07) is 17.3. The number of benzene rings is 2. The van der Waals surface area contributed by atoms with E-state index < -0.39 is 0 Å². The zero-order valence-electron chi connectivity index (χ0n) is 17.4. The van der Waals surface area contributed by atoms with Crippen LogP contribution in [0.5, 0.6) is 0 Å². The van der Waals surface area contributed by atoms with Gasteiger partial charge in [-0.2, -0.15) is 5.10 Å². The third-order valence-corrected chi connectivity index (χ3v) is 5.33. The van der Waals surface area contributed by atoms with E-state index in [1.165, 1.54) is 5.56 Å². The summed E-state index contributed by atoms with van der Waals surface area (Å²) in [4.78, 5) is 12.6. The van der Waals surface area contributed by atoms with E-state index in [9.17, 15) is 4.79 Å². The van der Waals surface area contributed by atoms with E-state index in [1.54, 1.807) is 16.8 Å². The number of aromatic nitrogens is 5. The van der Waals surface area contributed by atoms with Gasteiger partial charge in [0.2, 0.25) is 0 Å². The molecule has 0 bridgehead atoms. The van der Waals surface area contributed by atoms with Crippen LogP contribution in [0.4, 0.5) is 0 Å². The van der Waals surface area contributed by atoms with Crippen LogP contribution in [0.25, 0.3) is 11.4 Å². The first kappa shape index (κ1) is 20.8. The fraction of sp³-hybridized carbons (Fsp3) is 0.217. The van der Waals surface area contributed by atoms with Crippen molar-refractivity contribution in [3.8, 4) is 11.4 Å². The number of carbonyl (C=O) groups excluding carboxylic acids is 1. The maximum atomic E-state index is 12.6. The molecule has 2 aromatic carbocycles. The maximum absolute atomic E-state index is 12.6. The van der Waals surface area contributed by atoms with Gasteiger partial charge in [0.1, 0.15) is 0 Å². The smallest absolute Gasteiger partial charge is 0.273 e. The first-order valence-corrected chi connectivity index (χ1v) is 10.5. The van der Waals surface area contributed by atoms with E-state index in [4.69, 9.17) is 11.6 Å². The van der Waals surface area contributed by atoms with Crippen LogP contribution in [0.15, 0.2) is 60.8 Å². The lowest BCUT2D eigenvalue weighted by molar-refractivity contribution is 0.0947. The lowest BCUT2D eigenvalue weighted by Crippen LogP contribution is -2.26. The number of nitrogens with one attached hydrogen (secondary N) is 1. The highest BCUT2D eigenvalue weighted by atomic mass is 35.5. The minimum atomic E-state index is -0.234. The van der Waals surface area contributed by atoms with Gasteiger partial charge in [0.15, 0.2) is 5.69 Å². The van der Waals surface area contributed by atoms with Crippen LogP contribution in [-0.2, 0) is 6.42 Å². The van der Waals surface area contributed by atoms with Crippen LogP contribution in [-0.4, -0.2) is 37.2 Å². The van der Waals surface area contributed by atoms with Crippen molar-refractivity contribution in [3.63, 3.8) is 0 Å². The molecule has 0 aliphatic carbocycles. The summed E-state index contributed by atoms with van der Waals surface area (Å²) in [6.45, 7) is 4.36. The van der Waals surface area contributed by atoms with Crippen LogP contribution in [0.1, 0.15) is 33.9 Å². The predicted octanol–water partition coefficient (Wildman–Crippen LogP) is 4.09. The highest BCUT2D eigenvalue weighted by molar-refractivity contribution is 6.30. The molecule has 4 rings (SSSR count). The molecule has 0 unspecified atom stereocenters. The first-order valence-electron chi connectivity index (χ1n) is 10.1. The average molecular weight is 435 g/mol. The molecule has 7 nitrogen and oxygen atoms in total. The molecule has 0 radical (unpaired) electrons. The van der Waals surface area contributed by atoms with Crippen molar-refractivity contribution < 1.29 is 4.79 Å². The Morgan fingerprint density at radius 1 is 1.06 bits per heavy atom. The SMILES string of the molecule is Cc1nn(-c2ccccc2)cc1CCCNC(=O)c1nnn(-c2cccc(Cl)c2)c1C. The summed E-state index contributed by atoms with van der Waals surface area (Å²) < 4.78 is 3.50. The van der Waals surface area contributed by atoms with Crippen molar-refractivity contribution in [3.05, 3.63) is 88.5 Å². The van der Waals surface area contributed by atoms with Crippen LogP contribution in [0.2, 0.25) is 5.02 Å². The van der Waals surface area contributed by atoms with E-state index in [2.05, 4.69) is 20.7 Å². The van der Waals surface area contributed by atoms with Crippen molar-refractivity contribution in [2.45, 2.75) is 26.7 Å². The van der Waals surface area contributed by atoms with Gasteiger partial charge in [-0.25, -0.2) is 9.36 Å². The third kappa shape index (κ3) is 4.67. The number of amides is 1. The number of nitrogens with zero attached hydrogens (tertiary/aromatic N) is 5. The number of carbonyl (C=O) groups is 1. The fourth-order valence-corrected chi connectivity index (χ4v) is 3.60. The summed E-state index contributed by atoms with van der Waals surface area (Å²) in [5, 5.41) is 16.3. The molecule has 0 fully saturated rings. The maximum Gasteiger partial charge on any atom is 0.273 e. The summed E-state index contributed by atoms with van der Waals surface area (Å²) in [6.07, 6.45) is 3.68. The van der Waals surface area contributed by atoms with Gasteiger partial charge in [-0.05, 0) is 62.6 Å². The molecule has 0 atom stereocenters. The van der Waals surface area contributed by atoms with E-state index in [0.717, 1.165) is 29.9 Å². The van der Waals surface area contributed by atoms with Crippen LogP contribution in [0, 0.1) is 13.8 Å². The van der Waals surface area contributed by atoms with Crippen LogP contribution < -0.4 is 5.32 Å². The zero-order chi connectivity index (χ0) is 21.8. The normalized spacial score (nSPS) is 10.9. The third-order valence-electron chi connectivity index (χ3n) is 5.09. The van der Waals surface area contributed by atoms with Gasteiger partial charge in [0, 0.05) is 17.8 Å². The standard InChI is InChI=1S/C23H23ClN6O/c1-16-18(15-29(27-16)20-10-4-3-5-11-20)8-7-13-25-23(31)22-17(2)30(28-26-22)21-12-6-9-19(24)14-21/h3-6,9-12,14-15H,7-8,13H2,1-2H3,(H,25,31). The molecular weight excluding hydrogens is 412 g/mol. The monoisotopic (exact) mass is 434 g/mol. The molecule has 0 aliphatic rings. The Hall–Kier alpha value is -3.45. The lowest BCUT2D eigenvalue weighted by atomic mass is 10.1. The summed E-state index contributed by atoms with van der Waals surface area (Å²) in [7, 11) is 0. The minimum absolute atomic E-state index is 0.234. The van der Waals surface area contributed by atoms with Crippen molar-refractivity contribution in [1.82, 2.24) is 30.1 Å². The Morgan fingerprint density at radius 3 is 2.61 bits per heavy atom. The molecule has 1 N–H and O–H groups in total. The second-order valence-corrected chi connectivity index (χ2v) is 7.73. The van der Waals surface area contributed by atoms with Gasteiger partial charge < -0.3 is 5.32 Å². The predicted molar refractivity (Wildman–Crippen MR) is 120 cm³/mol. The Kier molecular flexibility index (Phi) is 6.13. The highest BCUT2D eigenvalue weighted by Gasteiger charge is 2.17. The number of hydrogen-bond acceptors (Lipinski definition) is 4. The van der Waals surface area contributed by atoms with Gasteiger partial charge in [0.25, 0.3) is 5.91 Å².